The van der Waals surface area contributed by atoms with Gasteiger partial charge in [-0.05, 0) is 87.6 Å². The molecule has 3 aromatic carbocycles. The molecule has 226 valence electrons. The van der Waals surface area contributed by atoms with Crippen LogP contribution in [0.3, 0.4) is 0 Å². The Kier molecular flexibility index (Phi) is 8.02. The summed E-state index contributed by atoms with van der Waals surface area (Å²) >= 11 is 0. The molecule has 0 fully saturated rings. The summed E-state index contributed by atoms with van der Waals surface area (Å²) in [6.07, 6.45) is 0. The Hall–Kier alpha value is -3.07. The molecule has 3 aromatic rings. The van der Waals surface area contributed by atoms with Gasteiger partial charge in [0.05, 0.1) is 5.69 Å². The first-order chi connectivity index (χ1) is 19.1. The average molecular weight is 566 g/mol. The Balaban J connectivity index is 1.95. The van der Waals surface area contributed by atoms with E-state index in [-0.39, 0.29) is 27.1 Å². The van der Waals surface area contributed by atoms with Crippen molar-refractivity contribution in [1.29, 1.82) is 0 Å². The topological polar surface area (TPSA) is 18.8 Å². The fraction of sp³-hybridized carbons (Fsp3) is 0.513. The lowest BCUT2D eigenvalue weighted by Gasteiger charge is -2.34. The van der Waals surface area contributed by atoms with Crippen molar-refractivity contribution < 1.29 is 0 Å². The molecular weight excluding hydrogens is 510 g/mol. The molecule has 42 heavy (non-hydrogen) atoms. The van der Waals surface area contributed by atoms with Gasteiger partial charge in [0.2, 0.25) is 0 Å². The van der Waals surface area contributed by atoms with Gasteiger partial charge < -0.3 is 4.90 Å². The third kappa shape index (κ3) is 6.61. The first-order valence-electron chi connectivity index (χ1n) is 15.6. The summed E-state index contributed by atoms with van der Waals surface area (Å²) in [6, 6.07) is 25.1. The summed E-state index contributed by atoms with van der Waals surface area (Å²) in [4.78, 5) is 2.46. The van der Waals surface area contributed by atoms with Crippen LogP contribution in [0.5, 0.6) is 0 Å². The lowest BCUT2D eigenvalue weighted by atomic mass is 9.79. The second kappa shape index (κ2) is 10.6. The van der Waals surface area contributed by atoms with E-state index in [1.54, 1.807) is 0 Å². The first-order valence-corrected chi connectivity index (χ1v) is 15.6. The van der Waals surface area contributed by atoms with Gasteiger partial charge in [-0.2, -0.15) is 5.10 Å². The molecule has 1 aliphatic heterocycles. The highest BCUT2D eigenvalue weighted by Gasteiger charge is 2.39. The monoisotopic (exact) mass is 565 g/mol. The molecule has 0 bridgehead atoms. The third-order valence-electron chi connectivity index (χ3n) is 8.71. The summed E-state index contributed by atoms with van der Waals surface area (Å²) in [5.41, 5.74) is 8.84. The highest BCUT2D eigenvalue weighted by atomic mass is 15.6. The third-order valence-corrected chi connectivity index (χ3v) is 8.71. The van der Waals surface area contributed by atoms with E-state index in [2.05, 4.69) is 174 Å². The van der Waals surface area contributed by atoms with Gasteiger partial charge in [0, 0.05) is 11.1 Å². The van der Waals surface area contributed by atoms with Gasteiger partial charge in [-0.1, -0.05) is 126 Å². The maximum atomic E-state index is 5.47. The molecule has 0 atom stereocenters. The number of anilines is 2. The van der Waals surface area contributed by atoms with Gasteiger partial charge in [-0.15, -0.1) is 0 Å². The summed E-state index contributed by atoms with van der Waals surface area (Å²) in [7, 11) is 0. The number of benzene rings is 3. The van der Waals surface area contributed by atoms with E-state index in [9.17, 15) is 0 Å². The molecule has 1 heterocycles. The van der Waals surface area contributed by atoms with Crippen LogP contribution in [0.25, 0.3) is 0 Å². The summed E-state index contributed by atoms with van der Waals surface area (Å²) in [5.74, 6) is 1.07. The zero-order valence-corrected chi connectivity index (χ0v) is 28.9. The van der Waals surface area contributed by atoms with Crippen molar-refractivity contribution >= 4 is 17.2 Å². The van der Waals surface area contributed by atoms with Gasteiger partial charge in [0.15, 0.2) is 0 Å². The quantitative estimate of drug-likeness (QED) is 0.313. The number of hydrogen-bond donors (Lipinski definition) is 0. The number of amidine groups is 1. The van der Waals surface area contributed by atoms with Crippen LogP contribution in [0.15, 0.2) is 71.8 Å². The van der Waals surface area contributed by atoms with Crippen LogP contribution in [0.4, 0.5) is 11.4 Å². The highest BCUT2D eigenvalue weighted by molar-refractivity contribution is 6.07. The minimum Gasteiger partial charge on any atom is -0.307 e. The van der Waals surface area contributed by atoms with Crippen LogP contribution < -0.4 is 9.91 Å². The van der Waals surface area contributed by atoms with E-state index < -0.39 is 0 Å². The van der Waals surface area contributed by atoms with Crippen LogP contribution in [0, 0.1) is 0 Å². The molecule has 4 rings (SSSR count). The molecule has 0 saturated carbocycles. The Morgan fingerprint density at radius 1 is 0.476 bits per heavy atom. The maximum Gasteiger partial charge on any atom is 0.141 e. The van der Waals surface area contributed by atoms with Gasteiger partial charge in [-0.3, -0.25) is 0 Å². The number of nitrogens with zero attached hydrogens (tertiary/aromatic N) is 3. The van der Waals surface area contributed by atoms with E-state index in [1.165, 1.54) is 33.5 Å². The van der Waals surface area contributed by atoms with Gasteiger partial charge in [0.25, 0.3) is 0 Å². The second-order valence-electron chi connectivity index (χ2n) is 16.9. The van der Waals surface area contributed by atoms with Crippen LogP contribution in [-0.2, 0) is 27.1 Å². The van der Waals surface area contributed by atoms with E-state index in [4.69, 9.17) is 5.10 Å². The predicted octanol–water partition coefficient (Wildman–Crippen LogP) is 10.5. The van der Waals surface area contributed by atoms with E-state index in [1.807, 2.05) is 0 Å². The molecule has 3 nitrogen and oxygen atoms in total. The van der Waals surface area contributed by atoms with Crippen LogP contribution in [0.2, 0.25) is 0 Å². The smallest absolute Gasteiger partial charge is 0.141 e. The molecular formula is C39H55N3. The van der Waals surface area contributed by atoms with E-state index in [0.717, 1.165) is 11.5 Å². The highest BCUT2D eigenvalue weighted by Crippen LogP contribution is 2.40. The minimum absolute atomic E-state index is 0.0321. The zero-order valence-electron chi connectivity index (χ0n) is 28.9. The van der Waals surface area contributed by atoms with Crippen molar-refractivity contribution in [2.24, 2.45) is 5.10 Å². The molecule has 0 N–H and O–H groups in total. The Morgan fingerprint density at radius 2 is 0.857 bits per heavy atom. The van der Waals surface area contributed by atoms with Crippen LogP contribution in [0.1, 0.15) is 125 Å². The van der Waals surface area contributed by atoms with Crippen molar-refractivity contribution in [1.82, 2.24) is 0 Å². The SMILES string of the molecule is CC(C)(C)c1cc(N2CN(c3cc(C(C)(C)C)cc(C(C)(C)C)c3)C(C(C)(C)c3ccccc3)=N2)cc(C(C)(C)C)c1. The van der Waals surface area contributed by atoms with Crippen molar-refractivity contribution in [3.63, 3.8) is 0 Å². The minimum atomic E-state index is -0.301. The number of hydrazone groups is 1. The second-order valence-corrected chi connectivity index (χ2v) is 16.9. The van der Waals surface area contributed by atoms with Gasteiger partial charge in [-0.25, -0.2) is 5.01 Å². The van der Waals surface area contributed by atoms with Gasteiger partial charge in [0.1, 0.15) is 12.5 Å². The summed E-state index contributed by atoms with van der Waals surface area (Å²) in [5, 5.41) is 7.70. The van der Waals surface area contributed by atoms with Crippen LogP contribution >= 0.6 is 0 Å². The van der Waals surface area contributed by atoms with E-state index >= 15 is 0 Å². The lowest BCUT2D eigenvalue weighted by Crippen LogP contribution is -2.42. The largest absolute Gasteiger partial charge is 0.307 e. The fourth-order valence-corrected chi connectivity index (χ4v) is 5.45. The number of rotatable bonds is 4. The molecule has 0 aliphatic carbocycles. The molecule has 0 aromatic heterocycles. The molecule has 0 spiro atoms. The zero-order chi connectivity index (χ0) is 31.5. The normalized spacial score (nSPS) is 15.3. The van der Waals surface area contributed by atoms with Crippen molar-refractivity contribution in [2.45, 2.75) is 124 Å². The first kappa shape index (κ1) is 31.9. The molecule has 0 amide bonds. The molecule has 1 aliphatic rings. The average Bonchev–Trinajstić information content (AvgIpc) is 3.33. The molecule has 0 radical (unpaired) electrons. The molecule has 3 heteroatoms. The van der Waals surface area contributed by atoms with Crippen molar-refractivity contribution in [3.05, 3.63) is 94.5 Å². The molecule has 0 saturated heterocycles. The van der Waals surface area contributed by atoms with Crippen LogP contribution in [-0.4, -0.2) is 12.5 Å². The summed E-state index contributed by atoms with van der Waals surface area (Å²) < 4.78 is 0. The Morgan fingerprint density at radius 3 is 1.24 bits per heavy atom. The predicted molar refractivity (Wildman–Crippen MR) is 184 cm³/mol. The van der Waals surface area contributed by atoms with Crippen molar-refractivity contribution in [2.75, 3.05) is 16.6 Å². The van der Waals surface area contributed by atoms with Gasteiger partial charge >= 0.3 is 0 Å². The Labute approximate surface area is 257 Å². The lowest BCUT2D eigenvalue weighted by molar-refractivity contribution is 0.568. The Bertz CT molecular complexity index is 1380. The standard InChI is InChI=1S/C39H55N3/c1-35(2,3)28-20-29(36(4,5)6)23-32(22-28)41-26-42(40-34(41)39(13,14)27-18-16-15-17-19-27)33-24-30(37(7,8)9)21-31(25-33)38(10,11)12/h15-25H,26H2,1-14H3. The van der Waals surface area contributed by atoms with E-state index in [0.29, 0.717) is 6.67 Å². The van der Waals surface area contributed by atoms with Crippen molar-refractivity contribution in [3.8, 4) is 0 Å². The molecule has 0 unspecified atom stereocenters. The fourth-order valence-electron chi connectivity index (χ4n) is 5.45. The maximum absolute atomic E-state index is 5.47. The number of hydrogen-bond acceptors (Lipinski definition) is 3. The summed E-state index contributed by atoms with van der Waals surface area (Å²) in [6.45, 7) is 32.9.